The van der Waals surface area contributed by atoms with Crippen molar-refractivity contribution in [3.05, 3.63) is 64.7 Å². The average molecular weight is 368 g/mol. The van der Waals surface area contributed by atoms with E-state index in [2.05, 4.69) is 0 Å². The number of amides is 2. The Labute approximate surface area is 145 Å². The van der Waals surface area contributed by atoms with Gasteiger partial charge in [0.1, 0.15) is 18.2 Å². The Morgan fingerprint density at radius 3 is 2.31 bits per heavy atom. The Morgan fingerprint density at radius 2 is 1.77 bits per heavy atom. The van der Waals surface area contributed by atoms with Gasteiger partial charge in [0, 0.05) is 13.2 Å². The Hall–Kier alpha value is -2.94. The number of halogens is 4. The van der Waals surface area contributed by atoms with Gasteiger partial charge in [0.05, 0.1) is 11.3 Å². The molecule has 0 aliphatic carbocycles. The second kappa shape index (κ2) is 6.10. The Kier molecular flexibility index (Phi) is 4.19. The molecule has 136 valence electrons. The molecule has 2 amide bonds. The molecule has 2 N–H and O–H groups in total. The lowest BCUT2D eigenvalue weighted by Gasteiger charge is -2.27. The molecule has 3 rings (SSSR count). The van der Waals surface area contributed by atoms with Crippen molar-refractivity contribution in [3.8, 4) is 0 Å². The topological polar surface area (TPSA) is 72.6 Å². The zero-order chi connectivity index (χ0) is 19.2. The second-order valence-corrected chi connectivity index (χ2v) is 5.63. The first-order valence-electron chi connectivity index (χ1n) is 7.33. The van der Waals surface area contributed by atoms with Gasteiger partial charge in [0.25, 0.3) is 5.91 Å². The normalized spacial score (nSPS) is 19.0. The molecular formula is C17H12F4N2O3. The summed E-state index contributed by atoms with van der Waals surface area (Å²) in [5.41, 5.74) is 1.32. The first-order chi connectivity index (χ1) is 12.2. The van der Waals surface area contributed by atoms with E-state index in [-0.39, 0.29) is 11.6 Å². The lowest BCUT2D eigenvalue weighted by molar-refractivity contribution is -0.136. The SMILES string of the molecule is CO[C@]1(c2ccc(F)cc2)C(=O)N(CC(N)=O)c2c(F)cc(F)c(F)c21. The largest absolute Gasteiger partial charge is 0.368 e. The van der Waals surface area contributed by atoms with E-state index in [0.717, 1.165) is 31.4 Å². The van der Waals surface area contributed by atoms with Gasteiger partial charge in [-0.05, 0) is 17.7 Å². The van der Waals surface area contributed by atoms with Crippen LogP contribution >= 0.6 is 0 Å². The third-order valence-electron chi connectivity index (χ3n) is 4.18. The average Bonchev–Trinajstić information content (AvgIpc) is 2.83. The van der Waals surface area contributed by atoms with Crippen LogP contribution in [0.25, 0.3) is 0 Å². The molecule has 0 bridgehead atoms. The van der Waals surface area contributed by atoms with Crippen LogP contribution in [0.5, 0.6) is 0 Å². The summed E-state index contributed by atoms with van der Waals surface area (Å²) in [6.07, 6.45) is 0. The summed E-state index contributed by atoms with van der Waals surface area (Å²) in [4.78, 5) is 24.9. The van der Waals surface area contributed by atoms with Gasteiger partial charge < -0.3 is 10.5 Å². The fourth-order valence-corrected chi connectivity index (χ4v) is 3.14. The molecule has 0 aromatic heterocycles. The molecule has 0 fully saturated rings. The van der Waals surface area contributed by atoms with Gasteiger partial charge in [0.15, 0.2) is 11.6 Å². The summed E-state index contributed by atoms with van der Waals surface area (Å²) in [5, 5.41) is 0. The fraction of sp³-hybridized carbons (Fsp3) is 0.176. The van der Waals surface area contributed by atoms with Crippen molar-refractivity contribution in [1.29, 1.82) is 0 Å². The van der Waals surface area contributed by atoms with E-state index in [1.807, 2.05) is 0 Å². The molecule has 0 saturated heterocycles. The van der Waals surface area contributed by atoms with Crippen LogP contribution in [0.15, 0.2) is 30.3 Å². The number of hydrogen-bond acceptors (Lipinski definition) is 3. The van der Waals surface area contributed by atoms with E-state index < -0.39 is 58.5 Å². The van der Waals surface area contributed by atoms with Gasteiger partial charge in [-0.1, -0.05) is 12.1 Å². The van der Waals surface area contributed by atoms with Gasteiger partial charge in [0.2, 0.25) is 11.5 Å². The van der Waals surface area contributed by atoms with Gasteiger partial charge in [-0.3, -0.25) is 14.5 Å². The van der Waals surface area contributed by atoms with Gasteiger partial charge in [-0.15, -0.1) is 0 Å². The maximum atomic E-state index is 14.6. The van der Waals surface area contributed by atoms with E-state index in [1.54, 1.807) is 0 Å². The number of carbonyl (C=O) groups excluding carboxylic acids is 2. The van der Waals surface area contributed by atoms with Gasteiger partial charge in [-0.25, -0.2) is 17.6 Å². The second-order valence-electron chi connectivity index (χ2n) is 5.63. The first-order valence-corrected chi connectivity index (χ1v) is 7.33. The van der Waals surface area contributed by atoms with Crippen molar-refractivity contribution in [2.24, 2.45) is 5.73 Å². The van der Waals surface area contributed by atoms with E-state index in [4.69, 9.17) is 10.5 Å². The summed E-state index contributed by atoms with van der Waals surface area (Å²) in [5.74, 6) is -7.03. The summed E-state index contributed by atoms with van der Waals surface area (Å²) in [7, 11) is 1.03. The highest BCUT2D eigenvalue weighted by molar-refractivity contribution is 6.11. The van der Waals surface area contributed by atoms with Crippen LogP contribution in [0.1, 0.15) is 11.1 Å². The standard InChI is InChI=1S/C17H12F4N2O3/c1-26-17(8-2-4-9(18)5-3-8)13-14(21)10(19)6-11(20)15(13)23(16(17)25)7-12(22)24/h2-6H,7H2,1H3,(H2,22,24)/t17-/m0/s1. The highest BCUT2D eigenvalue weighted by Gasteiger charge is 2.56. The smallest absolute Gasteiger partial charge is 0.269 e. The number of methoxy groups -OCH3 is 1. The number of primary amides is 1. The van der Waals surface area contributed by atoms with Crippen molar-refractivity contribution in [2.75, 3.05) is 18.6 Å². The van der Waals surface area contributed by atoms with Crippen LogP contribution in [0.4, 0.5) is 23.2 Å². The van der Waals surface area contributed by atoms with Crippen LogP contribution < -0.4 is 10.6 Å². The molecule has 1 aliphatic heterocycles. The van der Waals surface area contributed by atoms with E-state index in [9.17, 15) is 27.2 Å². The lowest BCUT2D eigenvalue weighted by Crippen LogP contribution is -2.45. The lowest BCUT2D eigenvalue weighted by atomic mass is 9.86. The number of nitrogens with zero attached hydrogens (tertiary/aromatic N) is 1. The monoisotopic (exact) mass is 368 g/mol. The van der Waals surface area contributed by atoms with E-state index in [0.29, 0.717) is 4.90 Å². The number of nitrogens with two attached hydrogens (primary N) is 1. The van der Waals surface area contributed by atoms with Crippen molar-refractivity contribution in [3.63, 3.8) is 0 Å². The predicted octanol–water partition coefficient (Wildman–Crippen LogP) is 1.96. The summed E-state index contributed by atoms with van der Waals surface area (Å²) < 4.78 is 61.4. The predicted molar refractivity (Wildman–Crippen MR) is 82.1 cm³/mol. The molecule has 9 heteroatoms. The van der Waals surface area contributed by atoms with Crippen LogP contribution in [0.3, 0.4) is 0 Å². The minimum absolute atomic E-state index is 0.0662. The van der Waals surface area contributed by atoms with Crippen molar-refractivity contribution >= 4 is 17.5 Å². The third kappa shape index (κ3) is 2.35. The van der Waals surface area contributed by atoms with Crippen LogP contribution in [-0.4, -0.2) is 25.5 Å². The zero-order valence-corrected chi connectivity index (χ0v) is 13.4. The minimum Gasteiger partial charge on any atom is -0.368 e. The highest BCUT2D eigenvalue weighted by Crippen LogP contribution is 2.49. The number of fused-ring (bicyclic) bond motifs is 1. The molecule has 0 unspecified atom stereocenters. The summed E-state index contributed by atoms with van der Waals surface area (Å²) in [6, 6.07) is 4.46. The van der Waals surface area contributed by atoms with E-state index in [1.165, 1.54) is 0 Å². The van der Waals surface area contributed by atoms with Crippen LogP contribution in [0.2, 0.25) is 0 Å². The third-order valence-corrected chi connectivity index (χ3v) is 4.18. The summed E-state index contributed by atoms with van der Waals surface area (Å²) >= 11 is 0. The number of carbonyl (C=O) groups is 2. The maximum absolute atomic E-state index is 14.6. The number of benzene rings is 2. The number of ether oxygens (including phenoxy) is 1. The van der Waals surface area contributed by atoms with Crippen LogP contribution in [-0.2, 0) is 19.9 Å². The maximum Gasteiger partial charge on any atom is 0.269 e. The molecule has 2 aromatic carbocycles. The number of anilines is 1. The molecule has 1 aliphatic rings. The molecule has 5 nitrogen and oxygen atoms in total. The van der Waals surface area contributed by atoms with Gasteiger partial charge in [-0.2, -0.15) is 0 Å². The minimum atomic E-state index is -2.30. The summed E-state index contributed by atoms with van der Waals surface area (Å²) in [6.45, 7) is -0.778. The number of hydrogen-bond donors (Lipinski definition) is 1. The number of rotatable bonds is 4. The molecule has 26 heavy (non-hydrogen) atoms. The quantitative estimate of drug-likeness (QED) is 0.663. The van der Waals surface area contributed by atoms with Crippen molar-refractivity contribution < 1.29 is 31.9 Å². The van der Waals surface area contributed by atoms with Gasteiger partial charge >= 0.3 is 0 Å². The Balaban J connectivity index is 2.39. The molecule has 1 atom stereocenters. The molecule has 0 saturated carbocycles. The van der Waals surface area contributed by atoms with Crippen molar-refractivity contribution in [1.82, 2.24) is 0 Å². The molecule has 1 heterocycles. The molecular weight excluding hydrogens is 356 g/mol. The van der Waals surface area contributed by atoms with Crippen molar-refractivity contribution in [2.45, 2.75) is 5.60 Å². The zero-order valence-electron chi connectivity index (χ0n) is 13.4. The highest BCUT2D eigenvalue weighted by atomic mass is 19.2. The Morgan fingerprint density at radius 1 is 1.15 bits per heavy atom. The Bertz CT molecular complexity index is 917. The first kappa shape index (κ1) is 17.9. The molecule has 0 spiro atoms. The van der Waals surface area contributed by atoms with E-state index >= 15 is 0 Å². The van der Waals surface area contributed by atoms with Crippen LogP contribution in [0, 0.1) is 23.3 Å². The molecule has 0 radical (unpaired) electrons. The molecule has 2 aromatic rings. The fourth-order valence-electron chi connectivity index (χ4n) is 3.14.